The second-order valence-corrected chi connectivity index (χ2v) is 5.70. The van der Waals surface area contributed by atoms with Crippen LogP contribution in [-0.4, -0.2) is 9.55 Å². The number of rotatable bonds is 2. The monoisotopic (exact) mass is 306 g/mol. The van der Waals surface area contributed by atoms with Gasteiger partial charge in [-0.1, -0.05) is 61.0 Å². The molecule has 0 fully saturated rings. The van der Waals surface area contributed by atoms with E-state index in [4.69, 9.17) is 16.6 Å². The zero-order chi connectivity index (χ0) is 15.1. The van der Waals surface area contributed by atoms with Gasteiger partial charge in [0.1, 0.15) is 5.82 Å². The Morgan fingerprint density at radius 3 is 2.59 bits per heavy atom. The van der Waals surface area contributed by atoms with Crippen LogP contribution in [0.15, 0.2) is 60.7 Å². The average Bonchev–Trinajstić information content (AvgIpc) is 2.94. The molecule has 4 rings (SSSR count). The van der Waals surface area contributed by atoms with Crippen molar-refractivity contribution < 1.29 is 0 Å². The fourth-order valence-electron chi connectivity index (χ4n) is 2.98. The summed E-state index contributed by atoms with van der Waals surface area (Å²) in [6.07, 6.45) is 0.859. The molecule has 0 spiro atoms. The molecular formula is C19H15ClN2. The van der Waals surface area contributed by atoms with E-state index in [1.54, 1.807) is 0 Å². The van der Waals surface area contributed by atoms with Gasteiger partial charge in [0.05, 0.1) is 21.7 Å². The molecule has 0 aliphatic heterocycles. The lowest BCUT2D eigenvalue weighted by Crippen LogP contribution is -2.01. The van der Waals surface area contributed by atoms with Crippen molar-refractivity contribution in [2.24, 2.45) is 0 Å². The highest BCUT2D eigenvalue weighted by Gasteiger charge is 2.14. The number of nitrogens with zero attached hydrogens (tertiary/aromatic N) is 2. The first kappa shape index (κ1) is 13.4. The Hall–Kier alpha value is -2.32. The summed E-state index contributed by atoms with van der Waals surface area (Å²) in [5.41, 5.74) is 3.09. The maximum atomic E-state index is 6.71. The molecule has 0 aliphatic carbocycles. The minimum absolute atomic E-state index is 0.774. The number of imidazole rings is 1. The highest BCUT2D eigenvalue weighted by atomic mass is 35.5. The fraction of sp³-hybridized carbons (Fsp3) is 0.105. The molecule has 0 unspecified atom stereocenters. The number of para-hydroxylation sites is 2. The molecule has 3 heteroatoms. The van der Waals surface area contributed by atoms with Crippen LogP contribution in [0, 0.1) is 0 Å². The molecule has 22 heavy (non-hydrogen) atoms. The zero-order valence-corrected chi connectivity index (χ0v) is 13.0. The van der Waals surface area contributed by atoms with Crippen LogP contribution in [0.5, 0.6) is 0 Å². The molecule has 0 atom stereocenters. The second-order valence-electron chi connectivity index (χ2n) is 5.33. The summed E-state index contributed by atoms with van der Waals surface area (Å²) in [5, 5.41) is 3.00. The number of fused-ring (bicyclic) bond motifs is 2. The number of aromatic nitrogens is 2. The normalized spacial score (nSPS) is 11.4. The van der Waals surface area contributed by atoms with Crippen molar-refractivity contribution in [3.8, 4) is 5.69 Å². The minimum atomic E-state index is 0.774. The van der Waals surface area contributed by atoms with E-state index < -0.39 is 0 Å². The number of hydrogen-bond acceptors (Lipinski definition) is 1. The van der Waals surface area contributed by atoms with Gasteiger partial charge in [0.2, 0.25) is 0 Å². The fourth-order valence-corrected chi connectivity index (χ4v) is 3.30. The molecule has 108 valence electrons. The van der Waals surface area contributed by atoms with Crippen LogP contribution in [0.2, 0.25) is 5.02 Å². The van der Waals surface area contributed by atoms with Gasteiger partial charge < -0.3 is 0 Å². The van der Waals surface area contributed by atoms with Crippen molar-refractivity contribution in [3.63, 3.8) is 0 Å². The van der Waals surface area contributed by atoms with Gasteiger partial charge in [-0.3, -0.25) is 4.57 Å². The van der Waals surface area contributed by atoms with Gasteiger partial charge in [-0.05, 0) is 23.6 Å². The van der Waals surface area contributed by atoms with Crippen LogP contribution in [0.25, 0.3) is 27.5 Å². The van der Waals surface area contributed by atoms with Crippen LogP contribution in [0.4, 0.5) is 0 Å². The molecule has 0 radical (unpaired) electrons. The third kappa shape index (κ3) is 1.92. The maximum Gasteiger partial charge on any atom is 0.114 e. The first-order valence-corrected chi connectivity index (χ1v) is 7.81. The van der Waals surface area contributed by atoms with Crippen LogP contribution < -0.4 is 0 Å². The van der Waals surface area contributed by atoms with E-state index in [9.17, 15) is 0 Å². The van der Waals surface area contributed by atoms with Crippen LogP contribution in [0.3, 0.4) is 0 Å². The second kappa shape index (κ2) is 5.15. The van der Waals surface area contributed by atoms with Crippen molar-refractivity contribution in [2.75, 3.05) is 0 Å². The first-order valence-electron chi connectivity index (χ1n) is 7.43. The Kier molecular flexibility index (Phi) is 3.12. The Balaban J connectivity index is 2.09. The molecule has 0 saturated heterocycles. The van der Waals surface area contributed by atoms with Gasteiger partial charge in [0, 0.05) is 11.8 Å². The van der Waals surface area contributed by atoms with Crippen LogP contribution in [-0.2, 0) is 6.42 Å². The molecule has 0 N–H and O–H groups in total. The van der Waals surface area contributed by atoms with E-state index in [0.29, 0.717) is 0 Å². The van der Waals surface area contributed by atoms with E-state index in [2.05, 4.69) is 41.8 Å². The molecular weight excluding hydrogens is 292 g/mol. The number of hydrogen-bond donors (Lipinski definition) is 0. The maximum absolute atomic E-state index is 6.71. The third-order valence-electron chi connectivity index (χ3n) is 4.03. The molecule has 0 saturated carbocycles. The quantitative estimate of drug-likeness (QED) is 0.485. The Morgan fingerprint density at radius 1 is 0.955 bits per heavy atom. The van der Waals surface area contributed by atoms with E-state index in [-0.39, 0.29) is 0 Å². The van der Waals surface area contributed by atoms with Crippen molar-refractivity contribution in [1.29, 1.82) is 0 Å². The molecule has 0 bridgehead atoms. The largest absolute Gasteiger partial charge is 0.295 e. The molecule has 1 aromatic heterocycles. The number of aryl methyl sites for hydroxylation is 1. The number of halogens is 1. The van der Waals surface area contributed by atoms with E-state index in [0.717, 1.165) is 44.8 Å². The van der Waals surface area contributed by atoms with Gasteiger partial charge in [-0.2, -0.15) is 0 Å². The summed E-state index contributed by atoms with van der Waals surface area (Å²) in [7, 11) is 0. The van der Waals surface area contributed by atoms with Gasteiger partial charge >= 0.3 is 0 Å². The molecule has 3 aromatic carbocycles. The lowest BCUT2D eigenvalue weighted by molar-refractivity contribution is 0.909. The topological polar surface area (TPSA) is 17.8 Å². The highest BCUT2D eigenvalue weighted by Crippen LogP contribution is 2.32. The Bertz CT molecular complexity index is 985. The standard InChI is InChI=1S/C19H15ClN2/c1-2-18-21-15-9-5-6-10-16(15)22(18)17-12-11-13-7-3-4-8-14(13)19(17)20/h3-12H,2H2,1H3. The van der Waals surface area contributed by atoms with Crippen molar-refractivity contribution in [3.05, 3.63) is 71.5 Å². The summed E-state index contributed by atoms with van der Waals surface area (Å²) in [5.74, 6) is 1.03. The van der Waals surface area contributed by atoms with E-state index in [1.807, 2.05) is 30.3 Å². The average molecular weight is 307 g/mol. The number of benzene rings is 3. The predicted molar refractivity (Wildman–Crippen MR) is 93.0 cm³/mol. The van der Waals surface area contributed by atoms with Crippen molar-refractivity contribution in [1.82, 2.24) is 9.55 Å². The van der Waals surface area contributed by atoms with Crippen LogP contribution >= 0.6 is 11.6 Å². The summed E-state index contributed by atoms with van der Waals surface area (Å²) >= 11 is 6.71. The zero-order valence-electron chi connectivity index (χ0n) is 12.3. The summed E-state index contributed by atoms with van der Waals surface area (Å²) in [6, 6.07) is 20.6. The molecule has 0 aliphatic rings. The van der Waals surface area contributed by atoms with Crippen molar-refractivity contribution >= 4 is 33.4 Å². The van der Waals surface area contributed by atoms with Crippen LogP contribution in [0.1, 0.15) is 12.7 Å². The predicted octanol–water partition coefficient (Wildman–Crippen LogP) is 5.39. The molecule has 0 amide bonds. The van der Waals surface area contributed by atoms with Gasteiger partial charge in [0.25, 0.3) is 0 Å². The highest BCUT2D eigenvalue weighted by molar-refractivity contribution is 6.37. The molecule has 4 aromatic rings. The minimum Gasteiger partial charge on any atom is -0.295 e. The SMILES string of the molecule is CCc1nc2ccccc2n1-c1ccc2ccccc2c1Cl. The van der Waals surface area contributed by atoms with E-state index in [1.165, 1.54) is 0 Å². The first-order chi connectivity index (χ1) is 10.8. The summed E-state index contributed by atoms with van der Waals surface area (Å²) < 4.78 is 2.17. The Labute approximate surface area is 134 Å². The van der Waals surface area contributed by atoms with Gasteiger partial charge in [0.15, 0.2) is 0 Å². The van der Waals surface area contributed by atoms with Gasteiger partial charge in [-0.25, -0.2) is 4.98 Å². The Morgan fingerprint density at radius 2 is 1.73 bits per heavy atom. The lowest BCUT2D eigenvalue weighted by Gasteiger charge is -2.12. The molecule has 2 nitrogen and oxygen atoms in total. The van der Waals surface area contributed by atoms with Crippen molar-refractivity contribution in [2.45, 2.75) is 13.3 Å². The van der Waals surface area contributed by atoms with Gasteiger partial charge in [-0.15, -0.1) is 0 Å². The smallest absolute Gasteiger partial charge is 0.114 e. The lowest BCUT2D eigenvalue weighted by atomic mass is 10.1. The third-order valence-corrected chi connectivity index (χ3v) is 4.43. The summed E-state index contributed by atoms with van der Waals surface area (Å²) in [6.45, 7) is 2.12. The molecule has 1 heterocycles. The summed E-state index contributed by atoms with van der Waals surface area (Å²) in [4.78, 5) is 4.73. The van der Waals surface area contributed by atoms with E-state index >= 15 is 0 Å².